The number of fused-ring (bicyclic) bond motifs is 5. The first-order valence-corrected chi connectivity index (χ1v) is 7.25. The number of nitrogens with zero attached hydrogens (tertiary/aromatic N) is 1. The lowest BCUT2D eigenvalue weighted by Crippen LogP contribution is -2.11. The van der Waals surface area contributed by atoms with Crippen LogP contribution in [0.2, 0.25) is 0 Å². The first-order chi connectivity index (χ1) is 10.5. The maximum Gasteiger partial charge on any atom is 0.416 e. The zero-order valence-electron chi connectivity index (χ0n) is 12.0. The maximum atomic E-state index is 13.0. The van der Waals surface area contributed by atoms with Gasteiger partial charge in [-0.05, 0) is 36.6 Å². The fraction of sp³-hybridized carbons (Fsp3) is 0.222. The molecule has 0 saturated carbocycles. The van der Waals surface area contributed by atoms with Gasteiger partial charge in [0.15, 0.2) is 0 Å². The molecule has 1 aliphatic heterocycles. The smallest absolute Gasteiger partial charge is 0.340 e. The highest BCUT2D eigenvalue weighted by Crippen LogP contribution is 2.40. The number of alkyl halides is 3. The van der Waals surface area contributed by atoms with Crippen molar-refractivity contribution in [3.8, 4) is 11.3 Å². The predicted molar refractivity (Wildman–Crippen MR) is 80.8 cm³/mol. The molecule has 0 aliphatic carbocycles. The standard InChI is InChI=1S/C18H14F3N/c1-11-14-7-6-13(18(19,20)21)10-16(14)22-9-8-12-4-2-3-5-15(12)17(11)22/h2-7,10H,8-9H2,1H3. The molecule has 4 rings (SSSR count). The zero-order valence-corrected chi connectivity index (χ0v) is 12.0. The van der Waals surface area contributed by atoms with Crippen LogP contribution >= 0.6 is 0 Å². The first-order valence-electron chi connectivity index (χ1n) is 7.25. The third kappa shape index (κ3) is 1.79. The van der Waals surface area contributed by atoms with Gasteiger partial charge in [0.05, 0.1) is 11.3 Å². The van der Waals surface area contributed by atoms with Crippen LogP contribution in [0.4, 0.5) is 13.2 Å². The molecule has 22 heavy (non-hydrogen) atoms. The largest absolute Gasteiger partial charge is 0.416 e. The van der Waals surface area contributed by atoms with Crippen molar-refractivity contribution in [3.05, 3.63) is 59.2 Å². The van der Waals surface area contributed by atoms with E-state index in [0.29, 0.717) is 5.52 Å². The number of benzene rings is 2. The summed E-state index contributed by atoms with van der Waals surface area (Å²) >= 11 is 0. The minimum absolute atomic E-state index is 0.584. The molecule has 0 atom stereocenters. The third-order valence-electron chi connectivity index (χ3n) is 4.52. The van der Waals surface area contributed by atoms with Crippen LogP contribution in [0.1, 0.15) is 16.7 Å². The molecule has 4 heteroatoms. The topological polar surface area (TPSA) is 4.93 Å². The van der Waals surface area contributed by atoms with E-state index in [1.165, 1.54) is 17.7 Å². The van der Waals surface area contributed by atoms with Gasteiger partial charge in [0, 0.05) is 23.0 Å². The van der Waals surface area contributed by atoms with E-state index in [1.807, 2.05) is 23.6 Å². The normalized spacial score (nSPS) is 14.0. The molecule has 0 N–H and O–H groups in total. The number of hydrogen-bond acceptors (Lipinski definition) is 0. The van der Waals surface area contributed by atoms with E-state index >= 15 is 0 Å². The maximum absolute atomic E-state index is 13.0. The second kappa shape index (κ2) is 4.38. The molecular formula is C18H14F3N. The fourth-order valence-electron chi connectivity index (χ4n) is 3.48. The van der Waals surface area contributed by atoms with Crippen LogP contribution < -0.4 is 0 Å². The molecule has 0 spiro atoms. The Kier molecular flexibility index (Phi) is 2.68. The van der Waals surface area contributed by atoms with Crippen molar-refractivity contribution in [3.63, 3.8) is 0 Å². The van der Waals surface area contributed by atoms with Crippen molar-refractivity contribution in [2.24, 2.45) is 0 Å². The third-order valence-corrected chi connectivity index (χ3v) is 4.52. The quantitative estimate of drug-likeness (QED) is 0.538. The molecule has 1 nitrogen and oxygen atoms in total. The summed E-state index contributed by atoms with van der Waals surface area (Å²) in [6.45, 7) is 2.71. The predicted octanol–water partition coefficient (Wildman–Crippen LogP) is 5.19. The Balaban J connectivity index is 2.05. The molecule has 2 heterocycles. The zero-order chi connectivity index (χ0) is 15.5. The molecule has 0 unspecified atom stereocenters. The molecule has 0 amide bonds. The van der Waals surface area contributed by atoms with Gasteiger partial charge >= 0.3 is 6.18 Å². The van der Waals surface area contributed by atoms with Crippen molar-refractivity contribution < 1.29 is 13.2 Å². The van der Waals surface area contributed by atoms with Gasteiger partial charge < -0.3 is 4.57 Å². The Bertz CT molecular complexity index is 887. The minimum Gasteiger partial charge on any atom is -0.340 e. The van der Waals surface area contributed by atoms with Gasteiger partial charge in [-0.3, -0.25) is 0 Å². The Morgan fingerprint density at radius 3 is 2.59 bits per heavy atom. The lowest BCUT2D eigenvalue weighted by Gasteiger charge is -2.20. The second-order valence-electron chi connectivity index (χ2n) is 5.76. The molecule has 2 aromatic carbocycles. The van der Waals surface area contributed by atoms with Gasteiger partial charge in [0.2, 0.25) is 0 Å². The summed E-state index contributed by atoms with van der Waals surface area (Å²) in [6, 6.07) is 12.2. The molecular weight excluding hydrogens is 287 g/mol. The summed E-state index contributed by atoms with van der Waals surface area (Å²) in [5, 5.41) is 0.903. The second-order valence-corrected chi connectivity index (χ2v) is 5.76. The van der Waals surface area contributed by atoms with E-state index in [0.717, 1.165) is 35.2 Å². The van der Waals surface area contributed by atoms with E-state index in [1.54, 1.807) is 6.07 Å². The molecule has 0 radical (unpaired) electrons. The number of halogens is 3. The van der Waals surface area contributed by atoms with E-state index < -0.39 is 11.7 Å². The average Bonchev–Trinajstić information content (AvgIpc) is 2.79. The van der Waals surface area contributed by atoms with E-state index in [4.69, 9.17) is 0 Å². The van der Waals surface area contributed by atoms with Gasteiger partial charge in [-0.25, -0.2) is 0 Å². The molecule has 0 saturated heterocycles. The van der Waals surface area contributed by atoms with E-state index in [2.05, 4.69) is 12.1 Å². The summed E-state index contributed by atoms with van der Waals surface area (Å²) in [7, 11) is 0. The van der Waals surface area contributed by atoms with Crippen molar-refractivity contribution in [2.45, 2.75) is 26.1 Å². The number of aromatic nitrogens is 1. The van der Waals surface area contributed by atoms with Crippen molar-refractivity contribution in [1.29, 1.82) is 0 Å². The Morgan fingerprint density at radius 2 is 1.82 bits per heavy atom. The van der Waals surface area contributed by atoms with Crippen molar-refractivity contribution in [1.82, 2.24) is 4.57 Å². The van der Waals surface area contributed by atoms with Crippen molar-refractivity contribution in [2.75, 3.05) is 0 Å². The first kappa shape index (κ1) is 13.4. The molecule has 1 aliphatic rings. The van der Waals surface area contributed by atoms with Gasteiger partial charge in [0.25, 0.3) is 0 Å². The van der Waals surface area contributed by atoms with Gasteiger partial charge in [-0.1, -0.05) is 30.3 Å². The minimum atomic E-state index is -4.31. The van der Waals surface area contributed by atoms with E-state index in [9.17, 15) is 13.2 Å². The molecule has 1 aromatic heterocycles. The summed E-state index contributed by atoms with van der Waals surface area (Å²) < 4.78 is 41.0. The Hall–Kier alpha value is -2.23. The average molecular weight is 301 g/mol. The van der Waals surface area contributed by atoms with Gasteiger partial charge in [-0.2, -0.15) is 13.2 Å². The van der Waals surface area contributed by atoms with Crippen LogP contribution in [0.15, 0.2) is 42.5 Å². The fourth-order valence-corrected chi connectivity index (χ4v) is 3.48. The molecule has 3 aromatic rings. The summed E-state index contributed by atoms with van der Waals surface area (Å²) in [4.78, 5) is 0. The van der Waals surface area contributed by atoms with Gasteiger partial charge in [0.1, 0.15) is 0 Å². The lowest BCUT2D eigenvalue weighted by atomic mass is 9.96. The lowest BCUT2D eigenvalue weighted by molar-refractivity contribution is -0.137. The molecule has 0 bridgehead atoms. The highest BCUT2D eigenvalue weighted by molar-refractivity contribution is 5.93. The monoisotopic (exact) mass is 301 g/mol. The number of hydrogen-bond donors (Lipinski definition) is 0. The van der Waals surface area contributed by atoms with Crippen LogP contribution in [0, 0.1) is 6.92 Å². The Labute approximate surface area is 126 Å². The number of rotatable bonds is 0. The molecule has 112 valence electrons. The SMILES string of the molecule is Cc1c2n(c3cc(C(F)(F)F)ccc13)CCc1ccccc1-2. The van der Waals surface area contributed by atoms with E-state index in [-0.39, 0.29) is 0 Å². The van der Waals surface area contributed by atoms with Crippen LogP contribution in [-0.2, 0) is 19.1 Å². The van der Waals surface area contributed by atoms with Crippen LogP contribution in [0.5, 0.6) is 0 Å². The van der Waals surface area contributed by atoms with Crippen LogP contribution in [0.3, 0.4) is 0 Å². The summed E-state index contributed by atoms with van der Waals surface area (Å²) in [5.74, 6) is 0. The summed E-state index contributed by atoms with van der Waals surface area (Å²) in [5.41, 5.74) is 4.59. The number of aryl methyl sites for hydroxylation is 3. The summed E-state index contributed by atoms with van der Waals surface area (Å²) in [6.07, 6.45) is -3.46. The Morgan fingerprint density at radius 1 is 1.05 bits per heavy atom. The van der Waals surface area contributed by atoms with Crippen LogP contribution in [0.25, 0.3) is 22.2 Å². The molecule has 0 fully saturated rings. The highest BCUT2D eigenvalue weighted by atomic mass is 19.4. The van der Waals surface area contributed by atoms with Crippen molar-refractivity contribution >= 4 is 10.9 Å². The van der Waals surface area contributed by atoms with Gasteiger partial charge in [-0.15, -0.1) is 0 Å². The highest BCUT2D eigenvalue weighted by Gasteiger charge is 2.31. The van der Waals surface area contributed by atoms with Crippen LogP contribution in [-0.4, -0.2) is 4.57 Å².